The zero-order chi connectivity index (χ0) is 17.3. The van der Waals surface area contributed by atoms with Crippen LogP contribution in [0.5, 0.6) is 5.75 Å². The maximum atomic E-state index is 13.1. The van der Waals surface area contributed by atoms with E-state index in [2.05, 4.69) is 17.6 Å². The first-order valence-electron chi connectivity index (χ1n) is 9.04. The summed E-state index contributed by atoms with van der Waals surface area (Å²) in [4.78, 5) is 13.1. The summed E-state index contributed by atoms with van der Waals surface area (Å²) < 4.78 is 5.29. The smallest absolute Gasteiger partial charge is 0.250 e. The molecule has 1 heterocycles. The first-order chi connectivity index (χ1) is 12.2. The molecule has 1 aliphatic heterocycles. The van der Waals surface area contributed by atoms with E-state index in [0.717, 1.165) is 37.1 Å². The molecule has 2 aromatic rings. The lowest BCUT2D eigenvalue weighted by Crippen LogP contribution is -2.65. The zero-order valence-corrected chi connectivity index (χ0v) is 14.6. The lowest BCUT2D eigenvalue weighted by atomic mass is 9.61. The summed E-state index contributed by atoms with van der Waals surface area (Å²) >= 11 is 0. The fraction of sp³-hybridized carbons (Fsp3) is 0.381. The van der Waals surface area contributed by atoms with E-state index in [0.29, 0.717) is 0 Å². The summed E-state index contributed by atoms with van der Waals surface area (Å²) in [6.07, 6.45) is 5.47. The number of carbonyl (C=O) groups excluding carboxylic acids is 1. The molecule has 2 aliphatic rings. The Balaban J connectivity index is 1.66. The predicted molar refractivity (Wildman–Crippen MR) is 98.2 cm³/mol. The Labute approximate surface area is 148 Å². The van der Waals surface area contributed by atoms with Crippen LogP contribution in [0.2, 0.25) is 0 Å². The number of ether oxygens (including phenoxy) is 1. The minimum Gasteiger partial charge on any atom is -0.497 e. The van der Waals surface area contributed by atoms with Gasteiger partial charge in [-0.05, 0) is 42.7 Å². The molecule has 4 heteroatoms. The van der Waals surface area contributed by atoms with Gasteiger partial charge in [0.1, 0.15) is 5.75 Å². The Morgan fingerprint density at radius 3 is 2.32 bits per heavy atom. The maximum Gasteiger partial charge on any atom is 0.250 e. The Hall–Kier alpha value is -2.49. The molecule has 2 fully saturated rings. The van der Waals surface area contributed by atoms with Crippen LogP contribution >= 0.6 is 0 Å². The fourth-order valence-electron chi connectivity index (χ4n) is 4.35. The van der Waals surface area contributed by atoms with Gasteiger partial charge in [-0.2, -0.15) is 0 Å². The Bertz CT molecular complexity index is 736. The molecule has 4 rings (SSSR count). The number of rotatable bonds is 4. The molecule has 4 nitrogen and oxygen atoms in total. The van der Waals surface area contributed by atoms with Gasteiger partial charge in [-0.3, -0.25) is 10.2 Å². The van der Waals surface area contributed by atoms with Crippen LogP contribution in [0.4, 0.5) is 5.69 Å². The standard InChI is InChI=1S/C21H24N2O2/c1-25-18-12-10-16(11-13-18)19-21(14-6-3-7-15-21)20(24)23(19)22-17-8-4-2-5-9-17/h2,4-5,8-13,19,22H,3,6-7,14-15H2,1H3/t19-/m1/s1. The van der Waals surface area contributed by atoms with Gasteiger partial charge in [0, 0.05) is 0 Å². The summed E-state index contributed by atoms with van der Waals surface area (Å²) in [6, 6.07) is 18.1. The second-order valence-corrected chi connectivity index (χ2v) is 7.05. The van der Waals surface area contributed by atoms with Crippen molar-refractivity contribution in [1.82, 2.24) is 5.01 Å². The number of anilines is 1. The molecule has 1 atom stereocenters. The van der Waals surface area contributed by atoms with E-state index in [1.807, 2.05) is 47.5 Å². The van der Waals surface area contributed by atoms with Crippen molar-refractivity contribution in [2.45, 2.75) is 38.1 Å². The van der Waals surface area contributed by atoms with Crippen LogP contribution in [0.1, 0.15) is 43.7 Å². The van der Waals surface area contributed by atoms with Crippen LogP contribution in [0.3, 0.4) is 0 Å². The molecule has 2 aromatic carbocycles. The number of carbonyl (C=O) groups is 1. The van der Waals surface area contributed by atoms with Crippen molar-refractivity contribution in [2.75, 3.05) is 12.5 Å². The number of β-lactam (4-membered cyclic amide) rings is 1. The molecule has 1 saturated heterocycles. The molecule has 1 spiro atoms. The molecule has 0 unspecified atom stereocenters. The van der Waals surface area contributed by atoms with Gasteiger partial charge in [-0.25, -0.2) is 5.01 Å². The molecule has 130 valence electrons. The summed E-state index contributed by atoms with van der Waals surface area (Å²) in [7, 11) is 1.67. The largest absolute Gasteiger partial charge is 0.497 e. The molecule has 0 bridgehead atoms. The maximum absolute atomic E-state index is 13.1. The number of methoxy groups -OCH3 is 1. The molecular formula is C21H24N2O2. The lowest BCUT2D eigenvalue weighted by Gasteiger charge is -2.57. The predicted octanol–water partition coefficient (Wildman–Crippen LogP) is 4.56. The minimum absolute atomic E-state index is 0.0754. The third-order valence-electron chi connectivity index (χ3n) is 5.63. The number of hydrazine groups is 1. The van der Waals surface area contributed by atoms with E-state index in [4.69, 9.17) is 4.74 Å². The van der Waals surface area contributed by atoms with E-state index < -0.39 is 0 Å². The third-order valence-corrected chi connectivity index (χ3v) is 5.63. The molecule has 1 N–H and O–H groups in total. The van der Waals surface area contributed by atoms with Crippen LogP contribution in [-0.4, -0.2) is 18.0 Å². The molecule has 1 saturated carbocycles. The zero-order valence-electron chi connectivity index (χ0n) is 14.6. The van der Waals surface area contributed by atoms with Gasteiger partial charge in [-0.15, -0.1) is 0 Å². The SMILES string of the molecule is COc1ccc([C@H]2N(Nc3ccccc3)C(=O)C23CCCCC3)cc1. The molecule has 25 heavy (non-hydrogen) atoms. The number of para-hydroxylation sites is 1. The minimum atomic E-state index is -0.241. The summed E-state index contributed by atoms with van der Waals surface area (Å²) in [5.41, 5.74) is 5.20. The molecule has 0 radical (unpaired) electrons. The van der Waals surface area contributed by atoms with Gasteiger partial charge in [0.05, 0.1) is 24.3 Å². The molecule has 0 aromatic heterocycles. The number of nitrogens with one attached hydrogen (secondary N) is 1. The van der Waals surface area contributed by atoms with Gasteiger partial charge in [0.15, 0.2) is 0 Å². The third kappa shape index (κ3) is 2.66. The van der Waals surface area contributed by atoms with Crippen LogP contribution in [-0.2, 0) is 4.79 Å². The van der Waals surface area contributed by atoms with Crippen molar-refractivity contribution in [2.24, 2.45) is 5.41 Å². The van der Waals surface area contributed by atoms with E-state index in [1.165, 1.54) is 12.0 Å². The van der Waals surface area contributed by atoms with Gasteiger partial charge in [0.25, 0.3) is 0 Å². The topological polar surface area (TPSA) is 41.6 Å². The second kappa shape index (κ2) is 6.43. The van der Waals surface area contributed by atoms with E-state index in [1.54, 1.807) is 7.11 Å². The highest BCUT2D eigenvalue weighted by Crippen LogP contribution is 2.57. The summed E-state index contributed by atoms with van der Waals surface area (Å²) in [5, 5.41) is 1.82. The van der Waals surface area contributed by atoms with Crippen molar-refractivity contribution < 1.29 is 9.53 Å². The number of nitrogens with zero attached hydrogens (tertiary/aromatic N) is 1. The number of hydrogen-bond donors (Lipinski definition) is 1. The normalized spacial score (nSPS) is 21.7. The first kappa shape index (κ1) is 16.0. The molecule has 1 amide bonds. The van der Waals surface area contributed by atoms with Crippen molar-refractivity contribution in [3.05, 3.63) is 60.2 Å². The fourth-order valence-corrected chi connectivity index (χ4v) is 4.35. The van der Waals surface area contributed by atoms with Crippen molar-refractivity contribution in [1.29, 1.82) is 0 Å². The highest BCUT2D eigenvalue weighted by atomic mass is 16.5. The monoisotopic (exact) mass is 336 g/mol. The van der Waals surface area contributed by atoms with Crippen molar-refractivity contribution in [3.8, 4) is 5.75 Å². The number of benzene rings is 2. The lowest BCUT2D eigenvalue weighted by molar-refractivity contribution is -0.174. The average Bonchev–Trinajstić information content (AvgIpc) is 2.69. The highest BCUT2D eigenvalue weighted by Gasteiger charge is 2.61. The highest BCUT2D eigenvalue weighted by molar-refractivity contribution is 5.92. The van der Waals surface area contributed by atoms with Crippen molar-refractivity contribution >= 4 is 11.6 Å². The van der Waals surface area contributed by atoms with Crippen LogP contribution in [0.15, 0.2) is 54.6 Å². The number of hydrogen-bond acceptors (Lipinski definition) is 3. The van der Waals surface area contributed by atoms with E-state index in [-0.39, 0.29) is 17.4 Å². The quantitative estimate of drug-likeness (QED) is 0.833. The van der Waals surface area contributed by atoms with Crippen LogP contribution < -0.4 is 10.2 Å². The Morgan fingerprint density at radius 1 is 1.00 bits per heavy atom. The van der Waals surface area contributed by atoms with E-state index >= 15 is 0 Å². The average molecular weight is 336 g/mol. The van der Waals surface area contributed by atoms with Gasteiger partial charge in [0.2, 0.25) is 5.91 Å². The Morgan fingerprint density at radius 2 is 1.68 bits per heavy atom. The van der Waals surface area contributed by atoms with Crippen LogP contribution in [0, 0.1) is 5.41 Å². The van der Waals surface area contributed by atoms with Crippen LogP contribution in [0.25, 0.3) is 0 Å². The van der Waals surface area contributed by atoms with Gasteiger partial charge < -0.3 is 4.74 Å². The van der Waals surface area contributed by atoms with Gasteiger partial charge >= 0.3 is 0 Å². The van der Waals surface area contributed by atoms with E-state index in [9.17, 15) is 4.79 Å². The van der Waals surface area contributed by atoms with Gasteiger partial charge in [-0.1, -0.05) is 49.6 Å². The number of amides is 1. The molecular weight excluding hydrogens is 312 g/mol. The van der Waals surface area contributed by atoms with Crippen molar-refractivity contribution in [3.63, 3.8) is 0 Å². The Kier molecular flexibility index (Phi) is 4.12. The first-order valence-corrected chi connectivity index (χ1v) is 9.04. The summed E-state index contributed by atoms with van der Waals surface area (Å²) in [6.45, 7) is 0. The second-order valence-electron chi connectivity index (χ2n) is 7.05. The summed E-state index contributed by atoms with van der Waals surface area (Å²) in [5.74, 6) is 1.08. The molecule has 1 aliphatic carbocycles.